The molecule has 1 saturated carbocycles. The van der Waals surface area contributed by atoms with Gasteiger partial charge in [-0.2, -0.15) is 0 Å². The minimum absolute atomic E-state index is 0.0220. The van der Waals surface area contributed by atoms with E-state index in [1.807, 2.05) is 10.7 Å². The highest BCUT2D eigenvalue weighted by Crippen LogP contribution is 2.31. The van der Waals surface area contributed by atoms with Gasteiger partial charge in [0.2, 0.25) is 0 Å². The van der Waals surface area contributed by atoms with Crippen molar-refractivity contribution in [1.29, 1.82) is 0 Å². The Morgan fingerprint density at radius 1 is 0.800 bits per heavy atom. The molecule has 1 aliphatic heterocycles. The van der Waals surface area contributed by atoms with Crippen LogP contribution in [-0.4, -0.2) is 66.8 Å². The Bertz CT molecular complexity index is 1200. The first kappa shape index (κ1) is 22.2. The molecule has 2 aromatic carbocycles. The van der Waals surface area contributed by atoms with Crippen molar-refractivity contribution >= 4 is 0 Å². The molecule has 1 aliphatic carbocycles. The summed E-state index contributed by atoms with van der Waals surface area (Å²) in [6.07, 6.45) is 9.44. The van der Waals surface area contributed by atoms with E-state index in [9.17, 15) is 0 Å². The van der Waals surface area contributed by atoms with Crippen LogP contribution in [0.2, 0.25) is 0 Å². The number of hydrogen-bond donors (Lipinski definition) is 0. The van der Waals surface area contributed by atoms with Crippen molar-refractivity contribution in [2.24, 2.45) is 0 Å². The fourth-order valence-corrected chi connectivity index (χ4v) is 5.47. The predicted octanol–water partition coefficient (Wildman–Crippen LogP) is 4.16. The first-order valence-electron chi connectivity index (χ1n) is 12.9. The van der Waals surface area contributed by atoms with Crippen LogP contribution in [0, 0.1) is 0 Å². The van der Waals surface area contributed by atoms with Gasteiger partial charge in [0, 0.05) is 43.8 Å². The highest BCUT2D eigenvalue weighted by atomic mass is 15.5. The van der Waals surface area contributed by atoms with E-state index in [4.69, 9.17) is 0 Å². The standard InChI is InChI=1S/C28H33N7/c1-2-8-23(9-3-1)22-35-28(29-30-31-35)27(24-12-14-26(15-13-24)32-16-4-5-17-32)34-19-7-18-33(20-21-34)25-10-6-11-25/h1-5,8-9,12-17,25,27H,6-7,10-11,18-22H2. The van der Waals surface area contributed by atoms with E-state index >= 15 is 0 Å². The second-order valence-electron chi connectivity index (χ2n) is 9.77. The molecule has 2 aliphatic rings. The number of benzene rings is 2. The minimum Gasteiger partial charge on any atom is -0.324 e. The molecule has 6 rings (SSSR count). The first-order chi connectivity index (χ1) is 17.3. The second kappa shape index (κ2) is 10.1. The number of rotatable bonds is 7. The van der Waals surface area contributed by atoms with Gasteiger partial charge < -0.3 is 4.57 Å². The Kier molecular flexibility index (Phi) is 6.43. The molecular weight excluding hydrogens is 434 g/mol. The summed E-state index contributed by atoms with van der Waals surface area (Å²) in [5.41, 5.74) is 3.60. The first-order valence-corrected chi connectivity index (χ1v) is 12.9. The van der Waals surface area contributed by atoms with Crippen LogP contribution < -0.4 is 0 Å². The lowest BCUT2D eigenvalue weighted by Crippen LogP contribution is -2.42. The van der Waals surface area contributed by atoms with Crippen LogP contribution in [0.3, 0.4) is 0 Å². The smallest absolute Gasteiger partial charge is 0.173 e. The molecule has 0 bridgehead atoms. The van der Waals surface area contributed by atoms with Crippen LogP contribution in [-0.2, 0) is 6.54 Å². The fourth-order valence-electron chi connectivity index (χ4n) is 5.47. The fraction of sp³-hybridized carbons (Fsp3) is 0.393. The third kappa shape index (κ3) is 4.79. The molecule has 35 heavy (non-hydrogen) atoms. The maximum absolute atomic E-state index is 4.59. The zero-order valence-electron chi connectivity index (χ0n) is 20.2. The molecule has 1 atom stereocenters. The molecule has 180 valence electrons. The van der Waals surface area contributed by atoms with Crippen molar-refractivity contribution < 1.29 is 0 Å². The van der Waals surface area contributed by atoms with Crippen LogP contribution in [0.1, 0.15) is 48.7 Å². The number of hydrogen-bond acceptors (Lipinski definition) is 5. The quantitative estimate of drug-likeness (QED) is 0.409. The molecule has 7 heteroatoms. The monoisotopic (exact) mass is 467 g/mol. The maximum atomic E-state index is 4.59. The molecule has 3 heterocycles. The third-order valence-corrected chi connectivity index (χ3v) is 7.61. The SMILES string of the molecule is c1ccc(Cn2nnnc2C(c2ccc(-n3cccc3)cc2)N2CCCN(C3CCC3)CC2)cc1. The lowest BCUT2D eigenvalue weighted by molar-refractivity contribution is 0.127. The number of tetrazole rings is 1. The summed E-state index contributed by atoms with van der Waals surface area (Å²) in [7, 11) is 0. The van der Waals surface area contributed by atoms with Gasteiger partial charge in [0.05, 0.1) is 12.6 Å². The van der Waals surface area contributed by atoms with Crippen LogP contribution >= 0.6 is 0 Å². The largest absolute Gasteiger partial charge is 0.324 e. The number of aromatic nitrogens is 5. The average Bonchev–Trinajstić information content (AvgIpc) is 3.50. The number of nitrogens with zero attached hydrogens (tertiary/aromatic N) is 7. The van der Waals surface area contributed by atoms with Gasteiger partial charge in [-0.1, -0.05) is 48.9 Å². The second-order valence-corrected chi connectivity index (χ2v) is 9.77. The van der Waals surface area contributed by atoms with Crippen molar-refractivity contribution in [1.82, 2.24) is 34.6 Å². The Morgan fingerprint density at radius 2 is 1.60 bits per heavy atom. The molecular formula is C28H33N7. The van der Waals surface area contributed by atoms with E-state index in [0.29, 0.717) is 6.54 Å². The zero-order valence-corrected chi connectivity index (χ0v) is 20.2. The lowest BCUT2D eigenvalue weighted by atomic mass is 9.91. The molecule has 2 aromatic heterocycles. The minimum atomic E-state index is 0.0220. The Hall–Kier alpha value is -3.29. The summed E-state index contributed by atoms with van der Waals surface area (Å²) < 4.78 is 4.12. The van der Waals surface area contributed by atoms with E-state index in [-0.39, 0.29) is 6.04 Å². The van der Waals surface area contributed by atoms with Gasteiger partial charge in [0.15, 0.2) is 5.82 Å². The van der Waals surface area contributed by atoms with E-state index in [1.54, 1.807) is 0 Å². The molecule has 0 spiro atoms. The summed E-state index contributed by atoms with van der Waals surface area (Å²) in [6, 6.07) is 24.3. The Balaban J connectivity index is 1.32. The van der Waals surface area contributed by atoms with Gasteiger partial charge in [-0.25, -0.2) is 4.68 Å². The average molecular weight is 468 g/mol. The molecule has 7 nitrogen and oxygen atoms in total. The highest BCUT2D eigenvalue weighted by molar-refractivity contribution is 5.38. The summed E-state index contributed by atoms with van der Waals surface area (Å²) >= 11 is 0. The van der Waals surface area contributed by atoms with Gasteiger partial charge in [-0.3, -0.25) is 9.80 Å². The Morgan fingerprint density at radius 3 is 2.34 bits per heavy atom. The maximum Gasteiger partial charge on any atom is 0.173 e. The third-order valence-electron chi connectivity index (χ3n) is 7.61. The zero-order chi connectivity index (χ0) is 23.5. The van der Waals surface area contributed by atoms with E-state index in [2.05, 4.69) is 103 Å². The van der Waals surface area contributed by atoms with Crippen molar-refractivity contribution in [2.45, 2.75) is 44.3 Å². The molecule has 1 unspecified atom stereocenters. The van der Waals surface area contributed by atoms with Crippen molar-refractivity contribution in [3.8, 4) is 5.69 Å². The van der Waals surface area contributed by atoms with Crippen LogP contribution in [0.15, 0.2) is 79.1 Å². The molecule has 0 radical (unpaired) electrons. The van der Waals surface area contributed by atoms with Crippen LogP contribution in [0.4, 0.5) is 0 Å². The lowest BCUT2D eigenvalue weighted by Gasteiger charge is -2.37. The van der Waals surface area contributed by atoms with Crippen molar-refractivity contribution in [3.63, 3.8) is 0 Å². The molecule has 1 saturated heterocycles. The summed E-state index contributed by atoms with van der Waals surface area (Å²) in [5, 5.41) is 13.1. The van der Waals surface area contributed by atoms with Gasteiger partial charge in [0.25, 0.3) is 0 Å². The molecule has 2 fully saturated rings. The van der Waals surface area contributed by atoms with Gasteiger partial charge in [-0.05, 0) is 71.6 Å². The molecule has 0 N–H and O–H groups in total. The van der Waals surface area contributed by atoms with Crippen LogP contribution in [0.5, 0.6) is 0 Å². The molecule has 4 aromatic rings. The highest BCUT2D eigenvalue weighted by Gasteiger charge is 2.32. The topological polar surface area (TPSA) is 55.0 Å². The van der Waals surface area contributed by atoms with Gasteiger partial charge >= 0.3 is 0 Å². The summed E-state index contributed by atoms with van der Waals surface area (Å²) in [5.74, 6) is 0.916. The van der Waals surface area contributed by atoms with Crippen LogP contribution in [0.25, 0.3) is 5.69 Å². The predicted molar refractivity (Wildman–Crippen MR) is 136 cm³/mol. The van der Waals surface area contributed by atoms with E-state index < -0.39 is 0 Å². The molecule has 0 amide bonds. The van der Waals surface area contributed by atoms with Gasteiger partial charge in [-0.15, -0.1) is 5.10 Å². The summed E-state index contributed by atoms with van der Waals surface area (Å²) in [4.78, 5) is 5.30. The summed E-state index contributed by atoms with van der Waals surface area (Å²) in [6.45, 7) is 5.05. The normalized spacial score (nSPS) is 18.7. The van der Waals surface area contributed by atoms with E-state index in [1.165, 1.54) is 43.4 Å². The van der Waals surface area contributed by atoms with Crippen molar-refractivity contribution in [2.75, 3.05) is 26.2 Å². The Labute approximate surface area is 207 Å². The van der Waals surface area contributed by atoms with Gasteiger partial charge in [0.1, 0.15) is 0 Å². The van der Waals surface area contributed by atoms with E-state index in [0.717, 1.165) is 37.2 Å². The van der Waals surface area contributed by atoms with Crippen molar-refractivity contribution in [3.05, 3.63) is 96.1 Å².